The summed E-state index contributed by atoms with van der Waals surface area (Å²) in [5.74, 6) is -1.37. The van der Waals surface area contributed by atoms with Crippen LogP contribution in [0.15, 0.2) is 4.58 Å². The van der Waals surface area contributed by atoms with Gasteiger partial charge in [-0.15, -0.1) is 4.91 Å². The van der Waals surface area contributed by atoms with Crippen LogP contribution in [0.1, 0.15) is 12.8 Å². The number of carbonyl (C=O) groups is 2. The first-order valence-electron chi connectivity index (χ1n) is 4.81. The van der Waals surface area contributed by atoms with Crippen LogP contribution in [0, 0.1) is 4.91 Å². The molecule has 3 N–H and O–H groups in total. The summed E-state index contributed by atoms with van der Waals surface area (Å²) < 4.78 is 2.54. The van der Waals surface area contributed by atoms with Gasteiger partial charge in [0.05, 0.1) is 6.04 Å². The van der Waals surface area contributed by atoms with Crippen LogP contribution in [0.2, 0.25) is 0 Å². The zero-order valence-corrected chi connectivity index (χ0v) is 9.35. The van der Waals surface area contributed by atoms with Crippen molar-refractivity contribution in [2.45, 2.75) is 24.9 Å². The summed E-state index contributed by atoms with van der Waals surface area (Å²) in [6.07, 6.45) is 1.11. The number of nitrogens with two attached hydrogens (primary N) is 1. The van der Waals surface area contributed by atoms with E-state index < -0.39 is 24.0 Å². The Kier molecular flexibility index (Phi) is 4.69. The molecule has 2 atom stereocenters. The van der Waals surface area contributed by atoms with Crippen LogP contribution in [-0.2, 0) is 9.59 Å². The molecule has 1 saturated heterocycles. The standard InChI is InChI=1S/C8H13N3O4S/c9-5(4-16-10-15)7(12)11-3-1-2-6(11)8(13)14/h5-6H,1-4,9H2,(H,13,14)/t5-,6-/m0/s1. The summed E-state index contributed by atoms with van der Waals surface area (Å²) >= 11 is 0.662. The van der Waals surface area contributed by atoms with Crippen LogP contribution in [0.5, 0.6) is 0 Å². The van der Waals surface area contributed by atoms with E-state index in [1.807, 2.05) is 0 Å². The highest BCUT2D eigenvalue weighted by molar-refractivity contribution is 7.97. The van der Waals surface area contributed by atoms with Crippen molar-refractivity contribution in [3.05, 3.63) is 4.91 Å². The third kappa shape index (κ3) is 2.92. The number of carboxylic acids is 1. The summed E-state index contributed by atoms with van der Waals surface area (Å²) in [6.45, 7) is 0.405. The molecule has 1 rings (SSSR count). The summed E-state index contributed by atoms with van der Waals surface area (Å²) in [5, 5.41) is 8.88. The monoisotopic (exact) mass is 247 g/mol. The van der Waals surface area contributed by atoms with Gasteiger partial charge in [-0.25, -0.2) is 4.79 Å². The minimum absolute atomic E-state index is 0.0746. The lowest BCUT2D eigenvalue weighted by molar-refractivity contribution is -0.148. The van der Waals surface area contributed by atoms with Crippen LogP contribution in [0.4, 0.5) is 0 Å². The zero-order valence-electron chi connectivity index (χ0n) is 8.54. The first-order chi connectivity index (χ1) is 7.57. The molecule has 0 aromatic heterocycles. The van der Waals surface area contributed by atoms with E-state index >= 15 is 0 Å². The van der Waals surface area contributed by atoms with Crippen molar-refractivity contribution in [2.24, 2.45) is 10.3 Å². The fourth-order valence-corrected chi connectivity index (χ4v) is 2.05. The zero-order chi connectivity index (χ0) is 12.1. The highest BCUT2D eigenvalue weighted by Gasteiger charge is 2.35. The fraction of sp³-hybridized carbons (Fsp3) is 0.750. The molecule has 0 spiro atoms. The molecule has 0 aromatic carbocycles. The molecule has 8 heteroatoms. The number of carboxylic acid groups (broad SMARTS) is 1. The molecule has 1 heterocycles. The van der Waals surface area contributed by atoms with E-state index in [-0.39, 0.29) is 5.75 Å². The highest BCUT2D eigenvalue weighted by Crippen LogP contribution is 2.18. The Morgan fingerprint density at radius 3 is 2.88 bits per heavy atom. The van der Waals surface area contributed by atoms with Crippen molar-refractivity contribution in [1.82, 2.24) is 4.90 Å². The van der Waals surface area contributed by atoms with Crippen molar-refractivity contribution in [3.63, 3.8) is 0 Å². The molecule has 16 heavy (non-hydrogen) atoms. The van der Waals surface area contributed by atoms with E-state index in [0.717, 1.165) is 0 Å². The van der Waals surface area contributed by atoms with Crippen molar-refractivity contribution < 1.29 is 14.7 Å². The van der Waals surface area contributed by atoms with Gasteiger partial charge in [-0.2, -0.15) is 0 Å². The first kappa shape index (κ1) is 12.9. The molecule has 1 fully saturated rings. The maximum Gasteiger partial charge on any atom is 0.326 e. The summed E-state index contributed by atoms with van der Waals surface area (Å²) in [4.78, 5) is 33.7. The summed E-state index contributed by atoms with van der Waals surface area (Å²) in [6, 6.07) is -1.66. The highest BCUT2D eigenvalue weighted by atomic mass is 32.2. The van der Waals surface area contributed by atoms with Gasteiger partial charge < -0.3 is 15.7 Å². The minimum Gasteiger partial charge on any atom is -0.480 e. The largest absolute Gasteiger partial charge is 0.480 e. The van der Waals surface area contributed by atoms with E-state index in [9.17, 15) is 14.5 Å². The summed E-state index contributed by atoms with van der Waals surface area (Å²) in [7, 11) is 0. The SMILES string of the molecule is N[C@@H](CSN=O)C(=O)N1CCC[C@H]1C(=O)O. The van der Waals surface area contributed by atoms with Crippen molar-refractivity contribution in [3.8, 4) is 0 Å². The third-order valence-electron chi connectivity index (χ3n) is 2.44. The molecule has 0 unspecified atom stereocenters. The predicted molar refractivity (Wildman–Crippen MR) is 58.6 cm³/mol. The van der Waals surface area contributed by atoms with Crippen molar-refractivity contribution >= 4 is 23.8 Å². The molecule has 1 aliphatic heterocycles. The molecule has 0 bridgehead atoms. The van der Waals surface area contributed by atoms with Crippen LogP contribution in [-0.4, -0.2) is 46.3 Å². The molecule has 7 nitrogen and oxygen atoms in total. The topological polar surface area (TPSA) is 113 Å². The molecule has 0 aromatic rings. The lowest BCUT2D eigenvalue weighted by Crippen LogP contribution is -2.49. The van der Waals surface area contributed by atoms with Crippen molar-refractivity contribution in [1.29, 1.82) is 0 Å². The van der Waals surface area contributed by atoms with Crippen LogP contribution >= 0.6 is 11.9 Å². The second-order valence-electron chi connectivity index (χ2n) is 3.50. The van der Waals surface area contributed by atoms with Crippen LogP contribution in [0.3, 0.4) is 0 Å². The number of rotatable bonds is 5. The van der Waals surface area contributed by atoms with Crippen LogP contribution in [0.25, 0.3) is 0 Å². The number of hydrogen-bond acceptors (Lipinski definition) is 6. The molecule has 0 saturated carbocycles. The van der Waals surface area contributed by atoms with E-state index in [0.29, 0.717) is 31.3 Å². The predicted octanol–water partition coefficient (Wildman–Crippen LogP) is -0.196. The molecule has 1 aliphatic rings. The van der Waals surface area contributed by atoms with Crippen molar-refractivity contribution in [2.75, 3.05) is 12.3 Å². The second-order valence-corrected chi connectivity index (χ2v) is 4.25. The van der Waals surface area contributed by atoms with Gasteiger partial charge in [0.2, 0.25) is 5.91 Å². The average Bonchev–Trinajstić information content (AvgIpc) is 2.73. The van der Waals surface area contributed by atoms with Gasteiger partial charge in [-0.3, -0.25) is 4.79 Å². The smallest absolute Gasteiger partial charge is 0.326 e. The number of amides is 1. The van der Waals surface area contributed by atoms with Gasteiger partial charge in [0.15, 0.2) is 0 Å². The van der Waals surface area contributed by atoms with Gasteiger partial charge in [0.1, 0.15) is 6.04 Å². The third-order valence-corrected chi connectivity index (χ3v) is 3.06. The quantitative estimate of drug-likeness (QED) is 0.514. The lowest BCUT2D eigenvalue weighted by Gasteiger charge is -2.24. The maximum atomic E-state index is 11.7. The molecule has 0 radical (unpaired) electrons. The van der Waals surface area contributed by atoms with Gasteiger partial charge in [-0.1, -0.05) is 0 Å². The van der Waals surface area contributed by atoms with E-state index in [1.54, 1.807) is 0 Å². The molecule has 1 amide bonds. The number of aliphatic carboxylic acids is 1. The lowest BCUT2D eigenvalue weighted by atomic mass is 10.2. The fourth-order valence-electron chi connectivity index (χ4n) is 1.68. The Hall–Kier alpha value is -1.15. The number of nitroso groups, excluding NO2 is 1. The summed E-state index contributed by atoms with van der Waals surface area (Å²) in [5.41, 5.74) is 5.54. The maximum absolute atomic E-state index is 11.7. The van der Waals surface area contributed by atoms with Gasteiger partial charge in [0, 0.05) is 28.8 Å². The number of hydrogen-bond donors (Lipinski definition) is 2. The minimum atomic E-state index is -1.01. The normalized spacial score (nSPS) is 21.8. The molecule has 90 valence electrons. The molecular formula is C8H13N3O4S. The van der Waals surface area contributed by atoms with E-state index in [4.69, 9.17) is 10.8 Å². The second kappa shape index (κ2) is 5.80. The van der Waals surface area contributed by atoms with E-state index in [1.165, 1.54) is 4.90 Å². The van der Waals surface area contributed by atoms with Gasteiger partial charge >= 0.3 is 5.97 Å². The first-order valence-corrected chi connectivity index (χ1v) is 5.75. The average molecular weight is 247 g/mol. The Morgan fingerprint density at radius 2 is 2.31 bits per heavy atom. The number of nitrogens with zero attached hydrogens (tertiary/aromatic N) is 2. The number of likely N-dealkylation sites (tertiary alicyclic amines) is 1. The van der Waals surface area contributed by atoms with Crippen LogP contribution < -0.4 is 5.73 Å². The Labute approximate surface area is 96.5 Å². The molecular weight excluding hydrogens is 234 g/mol. The number of carbonyl (C=O) groups excluding carboxylic acids is 1. The molecule has 0 aliphatic carbocycles. The Bertz CT molecular complexity index is 299. The van der Waals surface area contributed by atoms with Gasteiger partial charge in [0.25, 0.3) is 0 Å². The Balaban J connectivity index is 2.58. The Morgan fingerprint density at radius 1 is 1.62 bits per heavy atom. The van der Waals surface area contributed by atoms with Gasteiger partial charge in [-0.05, 0) is 12.8 Å². The van der Waals surface area contributed by atoms with E-state index in [2.05, 4.69) is 4.58 Å².